The number of para-hydroxylation sites is 2. The molecular weight excluding hydrogens is 368 g/mol. The van der Waals surface area contributed by atoms with Crippen molar-refractivity contribution in [2.24, 2.45) is 0 Å². The molecule has 1 aliphatic rings. The molecule has 4 aromatic rings. The number of pyridine rings is 1. The average Bonchev–Trinajstić information content (AvgIpc) is 3.01. The fourth-order valence-electron chi connectivity index (χ4n) is 3.95. The third kappa shape index (κ3) is 2.67. The highest BCUT2D eigenvalue weighted by Gasteiger charge is 2.46. The summed E-state index contributed by atoms with van der Waals surface area (Å²) in [5, 5.41) is 5.23. The number of nitrogens with zero attached hydrogens (tertiary/aromatic N) is 1. The molecule has 1 aromatic heterocycles. The average molecular weight is 385 g/mol. The number of benzene rings is 3. The topological polar surface area (TPSA) is 42.0 Å². The van der Waals surface area contributed by atoms with E-state index in [0.717, 1.165) is 27.8 Å². The summed E-state index contributed by atoms with van der Waals surface area (Å²) in [4.78, 5) is 18.4. The van der Waals surface area contributed by atoms with E-state index in [0.29, 0.717) is 17.0 Å². The standard InChI is InChI=1S/C24H17ClN2O/c25-18-12-10-17(11-13-18)24(23(28)20-6-2-4-8-22(20)27-24)15-19-14-9-16-5-1-3-7-21(16)26-19/h1-14,27H,15H2. The molecule has 136 valence electrons. The highest BCUT2D eigenvalue weighted by molar-refractivity contribution is 6.30. The van der Waals surface area contributed by atoms with Gasteiger partial charge in [0, 0.05) is 33.8 Å². The van der Waals surface area contributed by atoms with Gasteiger partial charge in [0.05, 0.1) is 5.52 Å². The Labute approximate surface area is 168 Å². The van der Waals surface area contributed by atoms with Crippen LogP contribution in [0, 0.1) is 0 Å². The van der Waals surface area contributed by atoms with E-state index >= 15 is 0 Å². The molecule has 28 heavy (non-hydrogen) atoms. The van der Waals surface area contributed by atoms with Gasteiger partial charge >= 0.3 is 0 Å². The lowest BCUT2D eigenvalue weighted by atomic mass is 9.81. The van der Waals surface area contributed by atoms with Gasteiger partial charge in [0.25, 0.3) is 0 Å². The lowest BCUT2D eigenvalue weighted by Gasteiger charge is -2.29. The molecule has 0 saturated carbocycles. The van der Waals surface area contributed by atoms with E-state index in [-0.39, 0.29) is 5.78 Å². The summed E-state index contributed by atoms with van der Waals surface area (Å²) < 4.78 is 0. The molecule has 0 saturated heterocycles. The molecule has 1 N–H and O–H groups in total. The minimum atomic E-state index is -0.899. The summed E-state index contributed by atoms with van der Waals surface area (Å²) in [6.07, 6.45) is 0.451. The van der Waals surface area contributed by atoms with Crippen molar-refractivity contribution >= 4 is 34.0 Å². The normalized spacial score (nSPS) is 18.1. The number of anilines is 1. The van der Waals surface area contributed by atoms with Gasteiger partial charge in [0.1, 0.15) is 5.54 Å². The van der Waals surface area contributed by atoms with E-state index in [1.54, 1.807) is 0 Å². The number of nitrogens with one attached hydrogen (secondary N) is 1. The number of hydrogen-bond donors (Lipinski definition) is 1. The van der Waals surface area contributed by atoms with Crippen LogP contribution in [0.15, 0.2) is 84.9 Å². The summed E-state index contributed by atoms with van der Waals surface area (Å²) in [6, 6.07) is 27.2. The van der Waals surface area contributed by atoms with Crippen molar-refractivity contribution in [2.75, 3.05) is 5.32 Å². The monoisotopic (exact) mass is 384 g/mol. The number of hydrogen-bond acceptors (Lipinski definition) is 3. The van der Waals surface area contributed by atoms with Crippen LogP contribution in [0.4, 0.5) is 5.69 Å². The van der Waals surface area contributed by atoms with Gasteiger partial charge in [-0.2, -0.15) is 0 Å². The van der Waals surface area contributed by atoms with E-state index in [1.165, 1.54) is 0 Å². The third-order valence-electron chi connectivity index (χ3n) is 5.35. The molecule has 0 bridgehead atoms. The van der Waals surface area contributed by atoms with E-state index in [9.17, 15) is 4.79 Å². The lowest BCUT2D eigenvalue weighted by molar-refractivity contribution is 0.0916. The van der Waals surface area contributed by atoms with Gasteiger partial charge in [-0.25, -0.2) is 0 Å². The van der Waals surface area contributed by atoms with Gasteiger partial charge in [0.2, 0.25) is 0 Å². The molecule has 0 amide bonds. The Balaban J connectivity index is 1.64. The van der Waals surface area contributed by atoms with Crippen LogP contribution in [0.3, 0.4) is 0 Å². The Morgan fingerprint density at radius 1 is 0.857 bits per heavy atom. The molecule has 4 heteroatoms. The zero-order valence-corrected chi connectivity index (χ0v) is 15.8. The van der Waals surface area contributed by atoms with E-state index in [1.807, 2.05) is 78.9 Å². The minimum Gasteiger partial charge on any atom is -0.368 e. The Bertz CT molecular complexity index is 1200. The first-order valence-electron chi connectivity index (χ1n) is 9.18. The summed E-state index contributed by atoms with van der Waals surface area (Å²) in [7, 11) is 0. The van der Waals surface area contributed by atoms with Crippen molar-refractivity contribution in [1.29, 1.82) is 0 Å². The SMILES string of the molecule is O=C1c2ccccc2NC1(Cc1ccc2ccccc2n1)c1ccc(Cl)cc1. The van der Waals surface area contributed by atoms with E-state index in [4.69, 9.17) is 16.6 Å². The Kier molecular flexibility index (Phi) is 3.92. The van der Waals surface area contributed by atoms with Gasteiger partial charge in [-0.1, -0.05) is 60.1 Å². The van der Waals surface area contributed by atoms with Crippen LogP contribution in [0.25, 0.3) is 10.9 Å². The second-order valence-corrected chi connectivity index (χ2v) is 7.52. The Morgan fingerprint density at radius 3 is 2.43 bits per heavy atom. The molecule has 0 radical (unpaired) electrons. The van der Waals surface area contributed by atoms with Crippen molar-refractivity contribution < 1.29 is 4.79 Å². The van der Waals surface area contributed by atoms with Gasteiger partial charge in [-0.3, -0.25) is 9.78 Å². The van der Waals surface area contributed by atoms with Crippen molar-refractivity contribution in [2.45, 2.75) is 12.0 Å². The van der Waals surface area contributed by atoms with Crippen LogP contribution in [0.5, 0.6) is 0 Å². The number of carbonyl (C=O) groups is 1. The smallest absolute Gasteiger partial charge is 0.195 e. The van der Waals surface area contributed by atoms with Crippen LogP contribution in [0.2, 0.25) is 5.02 Å². The second kappa shape index (κ2) is 6.47. The number of carbonyl (C=O) groups excluding carboxylic acids is 1. The molecule has 0 fully saturated rings. The zero-order valence-electron chi connectivity index (χ0n) is 15.0. The highest BCUT2D eigenvalue weighted by atomic mass is 35.5. The van der Waals surface area contributed by atoms with E-state index in [2.05, 4.69) is 11.4 Å². The lowest BCUT2D eigenvalue weighted by Crippen LogP contribution is -2.41. The quantitative estimate of drug-likeness (QED) is 0.497. The third-order valence-corrected chi connectivity index (χ3v) is 5.60. The van der Waals surface area contributed by atoms with Crippen LogP contribution in [-0.2, 0) is 12.0 Å². The van der Waals surface area contributed by atoms with Crippen LogP contribution in [0.1, 0.15) is 21.6 Å². The fraction of sp³-hybridized carbons (Fsp3) is 0.0833. The molecule has 3 aromatic carbocycles. The molecular formula is C24H17ClN2O. The number of halogens is 1. The van der Waals surface area contributed by atoms with Gasteiger partial charge in [0.15, 0.2) is 5.78 Å². The largest absolute Gasteiger partial charge is 0.368 e. The minimum absolute atomic E-state index is 0.0559. The van der Waals surface area contributed by atoms with Crippen molar-refractivity contribution in [3.8, 4) is 0 Å². The maximum Gasteiger partial charge on any atom is 0.195 e. The summed E-state index contributed by atoms with van der Waals surface area (Å²) in [5.41, 5.74) is 3.33. The summed E-state index contributed by atoms with van der Waals surface area (Å²) in [5.74, 6) is 0.0559. The second-order valence-electron chi connectivity index (χ2n) is 7.08. The molecule has 0 aliphatic carbocycles. The summed E-state index contributed by atoms with van der Waals surface area (Å²) in [6.45, 7) is 0. The maximum atomic E-state index is 13.5. The van der Waals surface area contributed by atoms with Gasteiger partial charge < -0.3 is 5.32 Å². The van der Waals surface area contributed by atoms with Gasteiger partial charge in [-0.15, -0.1) is 0 Å². The maximum absolute atomic E-state index is 13.5. The number of fused-ring (bicyclic) bond motifs is 2. The van der Waals surface area contributed by atoms with E-state index < -0.39 is 5.54 Å². The fourth-order valence-corrected chi connectivity index (χ4v) is 4.08. The first-order chi connectivity index (χ1) is 13.7. The number of Topliss-reactive ketones (excluding diaryl/α,β-unsaturated/α-hetero) is 1. The first kappa shape index (κ1) is 17.0. The zero-order chi connectivity index (χ0) is 19.1. The molecule has 1 atom stereocenters. The molecule has 3 nitrogen and oxygen atoms in total. The van der Waals surface area contributed by atoms with Crippen LogP contribution in [-0.4, -0.2) is 10.8 Å². The molecule has 0 spiro atoms. The van der Waals surface area contributed by atoms with Crippen molar-refractivity contribution in [1.82, 2.24) is 4.98 Å². The number of ketones is 1. The first-order valence-corrected chi connectivity index (χ1v) is 9.56. The Hall–Kier alpha value is -3.17. The summed E-state index contributed by atoms with van der Waals surface area (Å²) >= 11 is 6.10. The van der Waals surface area contributed by atoms with Crippen molar-refractivity contribution in [3.63, 3.8) is 0 Å². The van der Waals surface area contributed by atoms with Crippen LogP contribution >= 0.6 is 11.6 Å². The predicted molar refractivity (Wildman–Crippen MR) is 113 cm³/mol. The van der Waals surface area contributed by atoms with Crippen molar-refractivity contribution in [3.05, 3.63) is 107 Å². The molecule has 5 rings (SSSR count). The molecule has 1 unspecified atom stereocenters. The predicted octanol–water partition coefficient (Wildman–Crippen LogP) is 5.63. The molecule has 2 heterocycles. The highest BCUT2D eigenvalue weighted by Crippen LogP contribution is 2.41. The molecule has 1 aliphatic heterocycles. The number of rotatable bonds is 3. The number of aromatic nitrogens is 1. The Morgan fingerprint density at radius 2 is 1.61 bits per heavy atom. The van der Waals surface area contributed by atoms with Gasteiger partial charge in [-0.05, 0) is 42.0 Å². The van der Waals surface area contributed by atoms with Crippen LogP contribution < -0.4 is 5.32 Å².